The molecule has 0 aromatic heterocycles. The normalized spacial score (nSPS) is 23.4. The third-order valence-corrected chi connectivity index (χ3v) is 3.05. The highest BCUT2D eigenvalue weighted by Gasteiger charge is 2.29. The van der Waals surface area contributed by atoms with Gasteiger partial charge in [-0.1, -0.05) is 6.92 Å². The molecule has 90 valence electrons. The molecule has 0 aromatic rings. The Hall–Kier alpha value is -1.08. The summed E-state index contributed by atoms with van der Waals surface area (Å²) in [4.78, 5) is 13.7. The third kappa shape index (κ3) is 3.21. The van der Waals surface area contributed by atoms with E-state index in [1.54, 1.807) is 0 Å². The van der Waals surface area contributed by atoms with Gasteiger partial charge in [0.1, 0.15) is 0 Å². The number of rotatable bonds is 4. The maximum atomic E-state index is 11.6. The minimum atomic E-state index is -0.111. The maximum Gasteiger partial charge on any atom is 0.310 e. The molecule has 0 spiro atoms. The maximum absolute atomic E-state index is 11.6. The Balaban J connectivity index is 2.53. The van der Waals surface area contributed by atoms with Crippen molar-refractivity contribution in [1.82, 2.24) is 4.90 Å². The fraction of sp³-hybridized carbons (Fsp3) is 0.833. The second-order valence-corrected chi connectivity index (χ2v) is 4.14. The lowest BCUT2D eigenvalue weighted by molar-refractivity contribution is -0.150. The van der Waals surface area contributed by atoms with Gasteiger partial charge in [-0.25, -0.2) is 0 Å². The lowest BCUT2D eigenvalue weighted by Crippen LogP contribution is -2.44. The van der Waals surface area contributed by atoms with Crippen LogP contribution >= 0.6 is 0 Å². The van der Waals surface area contributed by atoms with E-state index in [-0.39, 0.29) is 17.9 Å². The van der Waals surface area contributed by atoms with Crippen LogP contribution in [0, 0.1) is 17.2 Å². The lowest BCUT2D eigenvalue weighted by atomic mass is 9.96. The van der Waals surface area contributed by atoms with Crippen LogP contribution < -0.4 is 0 Å². The molecular formula is C12H20N2O2. The Morgan fingerprint density at radius 1 is 1.62 bits per heavy atom. The highest BCUT2D eigenvalue weighted by atomic mass is 16.5. The van der Waals surface area contributed by atoms with E-state index >= 15 is 0 Å². The standard InChI is InChI=1S/C12H20N2O2/c1-3-11(8-13)14-7-5-6-10(9-14)12(15)16-4-2/h10-11H,3-7,9H2,1-2H3/t10-,11?/m0/s1. The summed E-state index contributed by atoms with van der Waals surface area (Å²) in [5, 5.41) is 9.00. The molecule has 1 aliphatic heterocycles. The van der Waals surface area contributed by atoms with Gasteiger partial charge in [0.25, 0.3) is 0 Å². The Bertz CT molecular complexity index is 273. The second kappa shape index (κ2) is 6.49. The van der Waals surface area contributed by atoms with Crippen LogP contribution in [0.1, 0.15) is 33.1 Å². The quantitative estimate of drug-likeness (QED) is 0.680. The molecule has 0 aliphatic carbocycles. The molecular weight excluding hydrogens is 204 g/mol. The van der Waals surface area contributed by atoms with Crippen LogP contribution in [0.5, 0.6) is 0 Å². The molecule has 4 nitrogen and oxygen atoms in total. The van der Waals surface area contributed by atoms with Gasteiger partial charge in [0.15, 0.2) is 0 Å². The number of carbonyl (C=O) groups excluding carboxylic acids is 1. The second-order valence-electron chi connectivity index (χ2n) is 4.14. The van der Waals surface area contributed by atoms with Crippen molar-refractivity contribution in [3.8, 4) is 6.07 Å². The van der Waals surface area contributed by atoms with Crippen molar-refractivity contribution < 1.29 is 9.53 Å². The smallest absolute Gasteiger partial charge is 0.310 e. The van der Waals surface area contributed by atoms with Gasteiger partial charge in [0.05, 0.1) is 24.6 Å². The van der Waals surface area contributed by atoms with Gasteiger partial charge in [0, 0.05) is 6.54 Å². The lowest BCUT2D eigenvalue weighted by Gasteiger charge is -2.33. The van der Waals surface area contributed by atoms with Gasteiger partial charge in [-0.3, -0.25) is 9.69 Å². The van der Waals surface area contributed by atoms with Gasteiger partial charge in [0.2, 0.25) is 0 Å². The van der Waals surface area contributed by atoms with Crippen LogP contribution in [0.15, 0.2) is 0 Å². The minimum absolute atomic E-state index is 0.0453. The van der Waals surface area contributed by atoms with Crippen molar-refractivity contribution in [3.63, 3.8) is 0 Å². The van der Waals surface area contributed by atoms with Crippen molar-refractivity contribution in [2.24, 2.45) is 5.92 Å². The van der Waals surface area contributed by atoms with Crippen LogP contribution in [0.3, 0.4) is 0 Å². The molecule has 0 radical (unpaired) electrons. The van der Waals surface area contributed by atoms with Gasteiger partial charge in [-0.2, -0.15) is 5.26 Å². The van der Waals surface area contributed by atoms with E-state index in [1.165, 1.54) is 0 Å². The molecule has 1 saturated heterocycles. The number of ether oxygens (including phenoxy) is 1. The molecule has 16 heavy (non-hydrogen) atoms. The van der Waals surface area contributed by atoms with E-state index in [0.29, 0.717) is 13.2 Å². The number of esters is 1. The van der Waals surface area contributed by atoms with Gasteiger partial charge in [-0.05, 0) is 32.7 Å². The summed E-state index contributed by atoms with van der Waals surface area (Å²) >= 11 is 0. The monoisotopic (exact) mass is 224 g/mol. The van der Waals surface area contributed by atoms with Crippen LogP contribution in [-0.4, -0.2) is 36.6 Å². The van der Waals surface area contributed by atoms with Crippen molar-refractivity contribution in [1.29, 1.82) is 5.26 Å². The summed E-state index contributed by atoms with van der Waals surface area (Å²) in [5.41, 5.74) is 0. The molecule has 2 atom stereocenters. The van der Waals surface area contributed by atoms with E-state index in [9.17, 15) is 4.79 Å². The molecule has 0 amide bonds. The van der Waals surface area contributed by atoms with Gasteiger partial charge in [-0.15, -0.1) is 0 Å². The molecule has 1 heterocycles. The van der Waals surface area contributed by atoms with E-state index in [4.69, 9.17) is 10.00 Å². The summed E-state index contributed by atoms with van der Waals surface area (Å²) in [6, 6.07) is 2.23. The number of piperidine rings is 1. The Morgan fingerprint density at radius 2 is 2.38 bits per heavy atom. The molecule has 0 N–H and O–H groups in total. The van der Waals surface area contributed by atoms with E-state index in [2.05, 4.69) is 11.0 Å². The number of nitriles is 1. The number of carbonyl (C=O) groups is 1. The number of hydrogen-bond donors (Lipinski definition) is 0. The first kappa shape index (κ1) is 13.0. The van der Waals surface area contributed by atoms with Crippen molar-refractivity contribution in [3.05, 3.63) is 0 Å². The Morgan fingerprint density at radius 3 is 2.94 bits per heavy atom. The highest BCUT2D eigenvalue weighted by Crippen LogP contribution is 2.20. The number of hydrogen-bond acceptors (Lipinski definition) is 4. The Labute approximate surface area is 97.2 Å². The summed E-state index contributed by atoms with van der Waals surface area (Å²) in [7, 11) is 0. The van der Waals surface area contributed by atoms with Gasteiger partial charge < -0.3 is 4.74 Å². The van der Waals surface area contributed by atoms with Crippen LogP contribution in [0.4, 0.5) is 0 Å². The summed E-state index contributed by atoms with van der Waals surface area (Å²) in [6.07, 6.45) is 2.67. The first-order valence-corrected chi connectivity index (χ1v) is 6.03. The van der Waals surface area contributed by atoms with Gasteiger partial charge >= 0.3 is 5.97 Å². The molecule has 0 aromatic carbocycles. The molecule has 1 aliphatic rings. The molecule has 1 unspecified atom stereocenters. The zero-order valence-electron chi connectivity index (χ0n) is 10.1. The fourth-order valence-corrected chi connectivity index (χ4v) is 2.17. The van der Waals surface area contributed by atoms with Crippen LogP contribution in [-0.2, 0) is 9.53 Å². The average molecular weight is 224 g/mol. The van der Waals surface area contributed by atoms with Crippen molar-refractivity contribution in [2.45, 2.75) is 39.2 Å². The van der Waals surface area contributed by atoms with E-state index < -0.39 is 0 Å². The Kier molecular flexibility index (Phi) is 5.27. The predicted octanol–water partition coefficient (Wildman–Crippen LogP) is 1.56. The van der Waals surface area contributed by atoms with Crippen LogP contribution in [0.2, 0.25) is 0 Å². The predicted molar refractivity (Wildman–Crippen MR) is 60.6 cm³/mol. The van der Waals surface area contributed by atoms with Crippen LogP contribution in [0.25, 0.3) is 0 Å². The molecule has 1 fully saturated rings. The number of likely N-dealkylation sites (tertiary alicyclic amines) is 1. The minimum Gasteiger partial charge on any atom is -0.466 e. The average Bonchev–Trinajstić information content (AvgIpc) is 2.31. The van der Waals surface area contributed by atoms with E-state index in [0.717, 1.165) is 25.8 Å². The SMILES string of the molecule is CCOC(=O)[C@H]1CCCN(C(C#N)CC)C1. The van der Waals surface area contributed by atoms with Crippen molar-refractivity contribution in [2.75, 3.05) is 19.7 Å². The zero-order valence-corrected chi connectivity index (χ0v) is 10.1. The number of nitrogens with zero attached hydrogens (tertiary/aromatic N) is 2. The largest absolute Gasteiger partial charge is 0.466 e. The highest BCUT2D eigenvalue weighted by molar-refractivity contribution is 5.72. The fourth-order valence-electron chi connectivity index (χ4n) is 2.17. The summed E-state index contributed by atoms with van der Waals surface area (Å²) in [6.45, 7) is 5.85. The molecule has 4 heteroatoms. The third-order valence-electron chi connectivity index (χ3n) is 3.05. The summed E-state index contributed by atoms with van der Waals surface area (Å²) < 4.78 is 5.03. The molecule has 1 rings (SSSR count). The molecule has 0 saturated carbocycles. The first-order chi connectivity index (χ1) is 7.72. The van der Waals surface area contributed by atoms with Crippen molar-refractivity contribution >= 4 is 5.97 Å². The first-order valence-electron chi connectivity index (χ1n) is 6.03. The topological polar surface area (TPSA) is 53.3 Å². The zero-order chi connectivity index (χ0) is 12.0. The summed E-state index contributed by atoms with van der Waals surface area (Å²) in [5.74, 6) is -0.156. The molecule has 0 bridgehead atoms. The van der Waals surface area contributed by atoms with E-state index in [1.807, 2.05) is 13.8 Å².